The number of hydrogen-bond donors (Lipinski definition) is 1. The molecule has 1 N–H and O–H groups in total. The second-order valence-corrected chi connectivity index (χ2v) is 11.1. The van der Waals surface area contributed by atoms with E-state index in [-0.39, 0.29) is 21.6 Å². The standard InChI is InChI=1S/C25H30F4N2O5S/c1-14(2)19-11-17(26)12-20(15(3)4)21(19)22(36-24(33)25(27,28)29)23(32)30-37(34,35)18-9-7-16(8-10-18)13-31(5)6/h7-12,14-15,22H,13H2,1-6H3,(H,30,32). The highest BCUT2D eigenvalue weighted by atomic mass is 32.2. The van der Waals surface area contributed by atoms with Crippen LogP contribution in [0.4, 0.5) is 17.6 Å². The van der Waals surface area contributed by atoms with Gasteiger partial charge in [-0.1, -0.05) is 39.8 Å². The molecule has 2 aromatic rings. The molecule has 0 saturated carbocycles. The van der Waals surface area contributed by atoms with Crippen LogP contribution in [0.1, 0.15) is 67.9 Å². The van der Waals surface area contributed by atoms with Gasteiger partial charge in [-0.15, -0.1) is 0 Å². The molecule has 12 heteroatoms. The summed E-state index contributed by atoms with van der Waals surface area (Å²) < 4.78 is 85.8. The van der Waals surface area contributed by atoms with Crippen LogP contribution in [0.15, 0.2) is 41.3 Å². The van der Waals surface area contributed by atoms with Gasteiger partial charge in [-0.25, -0.2) is 22.3 Å². The van der Waals surface area contributed by atoms with E-state index in [0.717, 1.165) is 17.7 Å². The first-order chi connectivity index (χ1) is 16.9. The van der Waals surface area contributed by atoms with E-state index >= 15 is 0 Å². The fraction of sp³-hybridized carbons (Fsp3) is 0.440. The minimum atomic E-state index is -5.46. The Morgan fingerprint density at radius 1 is 0.973 bits per heavy atom. The van der Waals surface area contributed by atoms with Gasteiger partial charge in [0, 0.05) is 12.1 Å². The van der Waals surface area contributed by atoms with Crippen molar-refractivity contribution in [1.29, 1.82) is 0 Å². The monoisotopic (exact) mass is 546 g/mol. The van der Waals surface area contributed by atoms with E-state index in [4.69, 9.17) is 0 Å². The number of carbonyl (C=O) groups excluding carboxylic acids is 2. The number of alkyl halides is 3. The number of halogens is 4. The summed E-state index contributed by atoms with van der Waals surface area (Å²) in [6.07, 6.45) is -7.78. The zero-order chi connectivity index (χ0) is 28.3. The Hall–Kier alpha value is -2.99. The normalized spacial score (nSPS) is 13.2. The Balaban J connectivity index is 2.60. The van der Waals surface area contributed by atoms with Crippen LogP contribution in [0.3, 0.4) is 0 Å². The quantitative estimate of drug-likeness (QED) is 0.359. The van der Waals surface area contributed by atoms with Crippen molar-refractivity contribution < 1.29 is 40.3 Å². The molecule has 1 atom stereocenters. The molecular formula is C25H30F4N2O5S. The Morgan fingerprint density at radius 2 is 1.46 bits per heavy atom. The molecule has 0 bridgehead atoms. The summed E-state index contributed by atoms with van der Waals surface area (Å²) in [4.78, 5) is 26.5. The smallest absolute Gasteiger partial charge is 0.441 e. The summed E-state index contributed by atoms with van der Waals surface area (Å²) >= 11 is 0. The molecule has 1 amide bonds. The first-order valence-corrected chi connectivity index (χ1v) is 12.8. The first kappa shape index (κ1) is 30.2. The van der Waals surface area contributed by atoms with Crippen molar-refractivity contribution in [3.8, 4) is 0 Å². The summed E-state index contributed by atoms with van der Waals surface area (Å²) in [6.45, 7) is 6.94. The summed E-state index contributed by atoms with van der Waals surface area (Å²) in [5, 5.41) is 0. The third-order valence-electron chi connectivity index (χ3n) is 5.38. The molecule has 0 spiro atoms. The number of nitrogens with one attached hydrogen (secondary N) is 1. The second-order valence-electron chi connectivity index (χ2n) is 9.44. The van der Waals surface area contributed by atoms with Crippen molar-refractivity contribution in [3.63, 3.8) is 0 Å². The van der Waals surface area contributed by atoms with Crippen LogP contribution in [-0.2, 0) is 30.9 Å². The van der Waals surface area contributed by atoms with E-state index in [2.05, 4.69) is 4.74 Å². The highest BCUT2D eigenvalue weighted by Crippen LogP contribution is 2.37. The summed E-state index contributed by atoms with van der Waals surface area (Å²) in [7, 11) is -0.925. The minimum absolute atomic E-state index is 0.101. The van der Waals surface area contributed by atoms with Gasteiger partial charge >= 0.3 is 12.1 Å². The molecule has 37 heavy (non-hydrogen) atoms. The SMILES string of the molecule is CC(C)c1cc(F)cc(C(C)C)c1C(OC(=O)C(F)(F)F)C(=O)NS(=O)(=O)c1ccc(CN(C)C)cc1. The third-order valence-corrected chi connectivity index (χ3v) is 6.74. The van der Waals surface area contributed by atoms with Crippen molar-refractivity contribution in [2.24, 2.45) is 0 Å². The maximum absolute atomic E-state index is 14.4. The van der Waals surface area contributed by atoms with Crippen LogP contribution in [0.5, 0.6) is 0 Å². The molecule has 0 heterocycles. The zero-order valence-corrected chi connectivity index (χ0v) is 22.1. The van der Waals surface area contributed by atoms with E-state index in [0.29, 0.717) is 6.54 Å². The van der Waals surface area contributed by atoms with Gasteiger partial charge in [-0.3, -0.25) is 4.79 Å². The molecule has 1 unspecified atom stereocenters. The molecule has 2 aromatic carbocycles. The average Bonchev–Trinajstić information content (AvgIpc) is 2.75. The van der Waals surface area contributed by atoms with Gasteiger partial charge in [0.15, 0.2) is 0 Å². The summed E-state index contributed by atoms with van der Waals surface area (Å²) in [5.41, 5.74) is 0.785. The Kier molecular flexibility index (Phi) is 9.48. The van der Waals surface area contributed by atoms with Crippen molar-refractivity contribution >= 4 is 21.9 Å². The third kappa shape index (κ3) is 7.75. The lowest BCUT2D eigenvalue weighted by Crippen LogP contribution is -2.39. The van der Waals surface area contributed by atoms with Crippen molar-refractivity contribution in [2.75, 3.05) is 14.1 Å². The van der Waals surface area contributed by atoms with Crippen molar-refractivity contribution in [1.82, 2.24) is 9.62 Å². The van der Waals surface area contributed by atoms with Crippen LogP contribution in [0.2, 0.25) is 0 Å². The number of ether oxygens (including phenoxy) is 1. The largest absolute Gasteiger partial charge is 0.490 e. The highest BCUT2D eigenvalue weighted by Gasteiger charge is 2.45. The topological polar surface area (TPSA) is 92.8 Å². The molecule has 204 valence electrons. The molecule has 0 aliphatic rings. The van der Waals surface area contributed by atoms with Crippen LogP contribution in [0, 0.1) is 5.82 Å². The lowest BCUT2D eigenvalue weighted by atomic mass is 9.85. The number of rotatable bonds is 9. The van der Waals surface area contributed by atoms with Gasteiger partial charge in [0.1, 0.15) is 5.82 Å². The Morgan fingerprint density at radius 3 is 1.86 bits per heavy atom. The lowest BCUT2D eigenvalue weighted by Gasteiger charge is -2.26. The summed E-state index contributed by atoms with van der Waals surface area (Å²) in [5.74, 6) is -5.94. The highest BCUT2D eigenvalue weighted by molar-refractivity contribution is 7.90. The molecule has 0 aliphatic heterocycles. The van der Waals surface area contributed by atoms with E-state index in [1.54, 1.807) is 32.4 Å². The van der Waals surface area contributed by atoms with Gasteiger partial charge in [-0.2, -0.15) is 13.2 Å². The van der Waals surface area contributed by atoms with Crippen molar-refractivity contribution in [2.45, 2.75) is 63.3 Å². The number of hydrogen-bond acceptors (Lipinski definition) is 6. The molecule has 0 radical (unpaired) electrons. The first-order valence-electron chi connectivity index (χ1n) is 11.3. The second kappa shape index (κ2) is 11.6. The van der Waals surface area contributed by atoms with Crippen molar-refractivity contribution in [3.05, 3.63) is 64.5 Å². The zero-order valence-electron chi connectivity index (χ0n) is 21.3. The van der Waals surface area contributed by atoms with E-state index in [9.17, 15) is 35.6 Å². The maximum atomic E-state index is 14.4. The molecule has 2 rings (SSSR count). The lowest BCUT2D eigenvalue weighted by molar-refractivity contribution is -0.205. The van der Waals surface area contributed by atoms with Gasteiger partial charge in [-0.05, 0) is 66.9 Å². The summed E-state index contributed by atoms with van der Waals surface area (Å²) in [6, 6.07) is 7.56. The van der Waals surface area contributed by atoms with E-state index < -0.39 is 51.8 Å². The minimum Gasteiger partial charge on any atom is -0.441 e. The van der Waals surface area contributed by atoms with Gasteiger partial charge in [0.25, 0.3) is 15.9 Å². The van der Waals surface area contributed by atoms with Gasteiger partial charge in [0.2, 0.25) is 6.10 Å². The van der Waals surface area contributed by atoms with Crippen LogP contribution in [0.25, 0.3) is 0 Å². The number of carbonyl (C=O) groups is 2. The number of nitrogens with zero attached hydrogens (tertiary/aromatic N) is 1. The molecule has 0 aliphatic carbocycles. The average molecular weight is 547 g/mol. The molecule has 0 aromatic heterocycles. The number of amides is 1. The van der Waals surface area contributed by atoms with Crippen LogP contribution in [-0.4, -0.2) is 45.5 Å². The van der Waals surface area contributed by atoms with Gasteiger partial charge in [0.05, 0.1) is 4.90 Å². The van der Waals surface area contributed by atoms with Crippen LogP contribution >= 0.6 is 0 Å². The number of esters is 1. The van der Waals surface area contributed by atoms with E-state index in [1.165, 1.54) is 24.3 Å². The molecular weight excluding hydrogens is 516 g/mol. The Labute approximate surface area is 213 Å². The fourth-order valence-electron chi connectivity index (χ4n) is 3.72. The van der Waals surface area contributed by atoms with Crippen LogP contribution < -0.4 is 4.72 Å². The van der Waals surface area contributed by atoms with E-state index in [1.807, 2.05) is 19.0 Å². The molecule has 0 saturated heterocycles. The number of benzene rings is 2. The van der Waals surface area contributed by atoms with Gasteiger partial charge < -0.3 is 9.64 Å². The molecule has 0 fully saturated rings. The predicted molar refractivity (Wildman–Crippen MR) is 129 cm³/mol. The maximum Gasteiger partial charge on any atom is 0.490 e. The predicted octanol–water partition coefficient (Wildman–Crippen LogP) is 4.79. The fourth-order valence-corrected chi connectivity index (χ4v) is 4.70. The molecule has 7 nitrogen and oxygen atoms in total. The Bertz CT molecular complexity index is 1210. The number of sulfonamides is 1.